The lowest BCUT2D eigenvalue weighted by Gasteiger charge is -2.37. The topological polar surface area (TPSA) is 105 Å². The van der Waals surface area contributed by atoms with Crippen molar-refractivity contribution in [2.75, 3.05) is 19.7 Å². The molecule has 0 radical (unpaired) electrons. The van der Waals surface area contributed by atoms with E-state index in [-0.39, 0.29) is 18.9 Å². The lowest BCUT2D eigenvalue weighted by molar-refractivity contribution is -0.153. The molecule has 1 rings (SSSR count). The fourth-order valence-electron chi connectivity index (χ4n) is 2.05. The lowest BCUT2D eigenvalue weighted by Crippen LogP contribution is -2.49. The van der Waals surface area contributed by atoms with Gasteiger partial charge in [0.15, 0.2) is 0 Å². The van der Waals surface area contributed by atoms with E-state index < -0.39 is 17.4 Å². The van der Waals surface area contributed by atoms with Crippen molar-refractivity contribution in [1.82, 2.24) is 10.6 Å². The van der Waals surface area contributed by atoms with Crippen LogP contribution in [0.5, 0.6) is 0 Å². The molecule has 1 saturated carbocycles. The quantitative estimate of drug-likeness (QED) is 0.454. The Balaban J connectivity index is 2.12. The van der Waals surface area contributed by atoms with Crippen molar-refractivity contribution in [2.24, 2.45) is 5.41 Å². The van der Waals surface area contributed by atoms with Gasteiger partial charge < -0.3 is 20.5 Å². The maximum atomic E-state index is 11.5. The van der Waals surface area contributed by atoms with E-state index in [1.54, 1.807) is 6.92 Å². The summed E-state index contributed by atoms with van der Waals surface area (Å²) in [4.78, 5) is 33.6. The van der Waals surface area contributed by atoms with Crippen LogP contribution in [0.3, 0.4) is 0 Å². The van der Waals surface area contributed by atoms with Crippen LogP contribution < -0.4 is 10.6 Å². The second kappa shape index (κ2) is 7.72. The smallest absolute Gasteiger partial charge is 0.314 e. The first-order chi connectivity index (χ1) is 9.50. The zero-order chi connectivity index (χ0) is 15.0. The Labute approximate surface area is 118 Å². The molecule has 0 heterocycles. The van der Waals surface area contributed by atoms with Crippen LogP contribution in [0.25, 0.3) is 0 Å². The first-order valence-electron chi connectivity index (χ1n) is 6.91. The van der Waals surface area contributed by atoms with Gasteiger partial charge in [-0.15, -0.1) is 0 Å². The predicted octanol–water partition coefficient (Wildman–Crippen LogP) is 0.884. The molecular weight excluding hydrogens is 264 g/mol. The van der Waals surface area contributed by atoms with Crippen molar-refractivity contribution in [1.29, 1.82) is 0 Å². The van der Waals surface area contributed by atoms with Crippen LogP contribution in [-0.2, 0) is 14.3 Å². The maximum absolute atomic E-state index is 11.5. The third-order valence-corrected chi connectivity index (χ3v) is 3.50. The summed E-state index contributed by atoms with van der Waals surface area (Å²) >= 11 is 0. The van der Waals surface area contributed by atoms with Gasteiger partial charge >= 0.3 is 18.0 Å². The molecule has 0 aromatic heterocycles. The minimum absolute atomic E-state index is 0.145. The summed E-state index contributed by atoms with van der Waals surface area (Å²) < 4.78 is 4.76. The van der Waals surface area contributed by atoms with Crippen molar-refractivity contribution >= 4 is 18.0 Å². The highest BCUT2D eigenvalue weighted by molar-refractivity contribution is 5.78. The number of hydrogen-bond donors (Lipinski definition) is 3. The van der Waals surface area contributed by atoms with Crippen LogP contribution in [0.2, 0.25) is 0 Å². The second-order valence-corrected chi connectivity index (χ2v) is 4.96. The first-order valence-corrected chi connectivity index (χ1v) is 6.91. The second-order valence-electron chi connectivity index (χ2n) is 4.96. The van der Waals surface area contributed by atoms with Gasteiger partial charge in [-0.3, -0.25) is 9.59 Å². The number of aliphatic carboxylic acids is 1. The maximum Gasteiger partial charge on any atom is 0.314 e. The molecule has 3 N–H and O–H groups in total. The van der Waals surface area contributed by atoms with Gasteiger partial charge in [0.2, 0.25) is 0 Å². The summed E-state index contributed by atoms with van der Waals surface area (Å²) in [5.74, 6) is -1.14. The summed E-state index contributed by atoms with van der Waals surface area (Å²) in [5.41, 5.74) is -0.789. The SMILES string of the molecule is CCOC(=O)CCCNC(=O)NCC1(C(=O)O)CCC1. The molecule has 0 aliphatic heterocycles. The number of rotatable bonds is 8. The fraction of sp³-hybridized carbons (Fsp3) is 0.769. The number of urea groups is 1. The molecule has 0 spiro atoms. The average Bonchev–Trinajstić information content (AvgIpc) is 2.33. The molecule has 0 aromatic carbocycles. The summed E-state index contributed by atoms with van der Waals surface area (Å²) in [5, 5.41) is 14.3. The number of carbonyl (C=O) groups is 3. The van der Waals surface area contributed by atoms with E-state index in [1.165, 1.54) is 0 Å². The van der Waals surface area contributed by atoms with Gasteiger partial charge in [-0.2, -0.15) is 0 Å². The molecule has 114 valence electrons. The van der Waals surface area contributed by atoms with Crippen LogP contribution in [0.4, 0.5) is 4.79 Å². The zero-order valence-corrected chi connectivity index (χ0v) is 11.7. The highest BCUT2D eigenvalue weighted by atomic mass is 16.5. The minimum atomic E-state index is -0.855. The molecule has 1 aliphatic carbocycles. The molecule has 1 fully saturated rings. The molecule has 0 aromatic rings. The minimum Gasteiger partial charge on any atom is -0.481 e. The van der Waals surface area contributed by atoms with Crippen LogP contribution >= 0.6 is 0 Å². The highest BCUT2D eigenvalue weighted by Crippen LogP contribution is 2.40. The van der Waals surface area contributed by atoms with Gasteiger partial charge in [0.05, 0.1) is 12.0 Å². The molecular formula is C13H22N2O5. The summed E-state index contributed by atoms with van der Waals surface area (Å²) in [6, 6.07) is -0.401. The zero-order valence-electron chi connectivity index (χ0n) is 11.7. The van der Waals surface area contributed by atoms with E-state index in [9.17, 15) is 14.4 Å². The number of carbonyl (C=O) groups excluding carboxylic acids is 2. The van der Waals surface area contributed by atoms with E-state index in [1.807, 2.05) is 0 Å². The van der Waals surface area contributed by atoms with E-state index in [2.05, 4.69) is 10.6 Å². The van der Waals surface area contributed by atoms with Crippen LogP contribution in [0.1, 0.15) is 39.0 Å². The van der Waals surface area contributed by atoms with Gasteiger partial charge in [0.25, 0.3) is 0 Å². The van der Waals surface area contributed by atoms with Crippen molar-refractivity contribution in [3.8, 4) is 0 Å². The van der Waals surface area contributed by atoms with Crippen molar-refractivity contribution < 1.29 is 24.2 Å². The highest BCUT2D eigenvalue weighted by Gasteiger charge is 2.44. The number of carboxylic acids is 1. The Morgan fingerprint density at radius 3 is 2.45 bits per heavy atom. The van der Waals surface area contributed by atoms with Gasteiger partial charge in [0.1, 0.15) is 0 Å². The monoisotopic (exact) mass is 286 g/mol. The molecule has 7 heteroatoms. The molecule has 0 atom stereocenters. The normalized spacial score (nSPS) is 15.8. The predicted molar refractivity (Wildman–Crippen MR) is 71.2 cm³/mol. The molecule has 0 unspecified atom stereocenters. The van der Waals surface area contributed by atoms with Crippen molar-refractivity contribution in [3.05, 3.63) is 0 Å². The van der Waals surface area contributed by atoms with Crippen LogP contribution in [-0.4, -0.2) is 42.8 Å². The number of carboxylic acid groups (broad SMARTS) is 1. The molecule has 1 aliphatic rings. The standard InChI is InChI=1S/C13H22N2O5/c1-2-20-10(16)5-3-8-14-12(19)15-9-13(11(17)18)6-4-7-13/h2-9H2,1H3,(H,17,18)(H2,14,15,19). The molecule has 0 saturated heterocycles. The van der Waals surface area contributed by atoms with Crippen LogP contribution in [0.15, 0.2) is 0 Å². The van der Waals surface area contributed by atoms with Crippen molar-refractivity contribution in [3.63, 3.8) is 0 Å². The third-order valence-electron chi connectivity index (χ3n) is 3.50. The van der Waals surface area contributed by atoms with E-state index >= 15 is 0 Å². The largest absolute Gasteiger partial charge is 0.481 e. The van der Waals surface area contributed by atoms with E-state index in [4.69, 9.17) is 9.84 Å². The fourth-order valence-corrected chi connectivity index (χ4v) is 2.05. The number of ether oxygens (including phenoxy) is 1. The third kappa shape index (κ3) is 4.71. The Bertz CT molecular complexity index is 366. The van der Waals surface area contributed by atoms with Gasteiger partial charge in [-0.1, -0.05) is 6.42 Å². The van der Waals surface area contributed by atoms with Crippen molar-refractivity contribution in [2.45, 2.75) is 39.0 Å². The van der Waals surface area contributed by atoms with E-state index in [0.717, 1.165) is 6.42 Å². The first kappa shape index (κ1) is 16.3. The lowest BCUT2D eigenvalue weighted by atomic mass is 9.69. The summed E-state index contributed by atoms with van der Waals surface area (Å²) in [6.07, 6.45) is 2.84. The number of nitrogens with one attached hydrogen (secondary N) is 2. The number of amides is 2. The summed E-state index contributed by atoms with van der Waals surface area (Å²) in [7, 11) is 0. The Morgan fingerprint density at radius 2 is 1.95 bits per heavy atom. The molecule has 20 heavy (non-hydrogen) atoms. The summed E-state index contributed by atoms with van der Waals surface area (Å²) in [6.45, 7) is 2.59. The Kier molecular flexibility index (Phi) is 6.27. The average molecular weight is 286 g/mol. The number of hydrogen-bond acceptors (Lipinski definition) is 4. The van der Waals surface area contributed by atoms with E-state index in [0.29, 0.717) is 32.4 Å². The Morgan fingerprint density at radius 1 is 1.25 bits per heavy atom. The number of esters is 1. The molecule has 7 nitrogen and oxygen atoms in total. The molecule has 2 amide bonds. The Hall–Kier alpha value is -1.79. The molecule has 0 bridgehead atoms. The van der Waals surface area contributed by atoms with Gasteiger partial charge in [-0.25, -0.2) is 4.79 Å². The van der Waals surface area contributed by atoms with Crippen LogP contribution in [0, 0.1) is 5.41 Å². The van der Waals surface area contributed by atoms with Gasteiger partial charge in [0, 0.05) is 19.5 Å². The van der Waals surface area contributed by atoms with Gasteiger partial charge in [-0.05, 0) is 26.2 Å².